The van der Waals surface area contributed by atoms with Gasteiger partial charge in [-0.05, 0) is 31.7 Å². The first-order chi connectivity index (χ1) is 12.0. The van der Waals surface area contributed by atoms with E-state index in [0.717, 1.165) is 18.9 Å². The Labute approximate surface area is 156 Å². The molecule has 0 unspecified atom stereocenters. The summed E-state index contributed by atoms with van der Waals surface area (Å²) in [5, 5.41) is 4.80. The van der Waals surface area contributed by atoms with Gasteiger partial charge in [-0.2, -0.15) is 0 Å². The number of aromatic nitrogens is 2. The van der Waals surface area contributed by atoms with Gasteiger partial charge in [0.05, 0.1) is 16.2 Å². The second-order valence-corrected chi connectivity index (χ2v) is 8.39. The highest BCUT2D eigenvalue weighted by atomic mass is 35.5. The number of halogens is 2. The molecule has 3 N–H and O–H groups in total. The molecule has 2 spiro atoms. The second-order valence-electron chi connectivity index (χ2n) is 7.61. The maximum absolute atomic E-state index is 6.31. The largest absolute Gasteiger partial charge is 0.382 e. The molecule has 25 heavy (non-hydrogen) atoms. The lowest BCUT2D eigenvalue weighted by atomic mass is 10.1. The molecule has 1 saturated heterocycles. The van der Waals surface area contributed by atoms with Crippen LogP contribution in [-0.2, 0) is 0 Å². The molecule has 5 nitrogen and oxygen atoms in total. The number of hydrogen-bond donors (Lipinski definition) is 2. The molecule has 0 atom stereocenters. The van der Waals surface area contributed by atoms with Crippen LogP contribution in [-0.4, -0.2) is 34.1 Å². The molecule has 1 aromatic heterocycles. The predicted octanol–water partition coefficient (Wildman–Crippen LogP) is 3.51. The summed E-state index contributed by atoms with van der Waals surface area (Å²) in [6, 6.07) is 5.44. The third-order valence-corrected chi connectivity index (χ3v) is 6.36. The quantitative estimate of drug-likeness (QED) is 0.840. The summed E-state index contributed by atoms with van der Waals surface area (Å²) < 4.78 is 0. The van der Waals surface area contributed by atoms with E-state index in [4.69, 9.17) is 28.9 Å². The van der Waals surface area contributed by atoms with E-state index in [1.807, 2.05) is 12.1 Å². The van der Waals surface area contributed by atoms with Gasteiger partial charge < -0.3 is 16.0 Å². The lowest BCUT2D eigenvalue weighted by Gasteiger charge is -2.40. The van der Waals surface area contributed by atoms with E-state index in [9.17, 15) is 0 Å². The molecule has 0 amide bonds. The summed E-state index contributed by atoms with van der Waals surface area (Å²) in [5.74, 6) is 1.23. The van der Waals surface area contributed by atoms with Crippen molar-refractivity contribution in [2.45, 2.75) is 36.8 Å². The summed E-state index contributed by atoms with van der Waals surface area (Å²) in [5.41, 5.74) is 8.07. The number of benzene rings is 1. The van der Waals surface area contributed by atoms with Crippen LogP contribution in [0, 0.1) is 0 Å². The molecule has 1 aliphatic heterocycles. The fourth-order valence-corrected chi connectivity index (χ4v) is 4.29. The zero-order valence-corrected chi connectivity index (χ0v) is 15.2. The number of nitrogens with zero attached hydrogens (tertiary/aromatic N) is 3. The Morgan fingerprint density at radius 1 is 1.08 bits per heavy atom. The van der Waals surface area contributed by atoms with Crippen LogP contribution in [0.25, 0.3) is 11.3 Å². The van der Waals surface area contributed by atoms with Crippen molar-refractivity contribution in [2.75, 3.05) is 23.7 Å². The van der Waals surface area contributed by atoms with E-state index < -0.39 is 0 Å². The molecule has 3 aliphatic rings. The highest BCUT2D eigenvalue weighted by Crippen LogP contribution is 2.49. The molecule has 130 valence electrons. The van der Waals surface area contributed by atoms with Gasteiger partial charge in [0.1, 0.15) is 11.5 Å². The molecule has 2 heterocycles. The maximum atomic E-state index is 6.31. The van der Waals surface area contributed by atoms with Crippen molar-refractivity contribution in [1.29, 1.82) is 0 Å². The first kappa shape index (κ1) is 15.7. The Bertz CT molecular complexity index is 841. The van der Waals surface area contributed by atoms with Crippen LogP contribution in [0.15, 0.2) is 24.4 Å². The number of piperazine rings is 1. The topological polar surface area (TPSA) is 67.1 Å². The van der Waals surface area contributed by atoms with Gasteiger partial charge in [-0.1, -0.05) is 35.3 Å². The first-order valence-electron chi connectivity index (χ1n) is 8.61. The van der Waals surface area contributed by atoms with Gasteiger partial charge in [0.2, 0.25) is 0 Å². The lowest BCUT2D eigenvalue weighted by molar-refractivity contribution is 0.339. The molecule has 3 fully saturated rings. The Kier molecular flexibility index (Phi) is 3.28. The molecular formula is C18H19Cl2N5. The van der Waals surface area contributed by atoms with E-state index in [0.29, 0.717) is 27.1 Å². The Morgan fingerprint density at radius 2 is 1.76 bits per heavy atom. The van der Waals surface area contributed by atoms with Crippen LogP contribution >= 0.6 is 23.2 Å². The first-order valence-corrected chi connectivity index (χ1v) is 9.36. The number of nitrogens with one attached hydrogen (secondary N) is 1. The molecule has 2 saturated carbocycles. The Morgan fingerprint density at radius 3 is 2.36 bits per heavy atom. The number of nitrogen functional groups attached to an aromatic ring is 1. The van der Waals surface area contributed by atoms with Crippen LogP contribution in [0.3, 0.4) is 0 Å². The predicted molar refractivity (Wildman–Crippen MR) is 101 cm³/mol. The normalized spacial score (nSPS) is 22.4. The molecule has 1 aromatic carbocycles. The molecule has 0 bridgehead atoms. The van der Waals surface area contributed by atoms with Crippen molar-refractivity contribution in [2.24, 2.45) is 0 Å². The van der Waals surface area contributed by atoms with Crippen LogP contribution in [0.5, 0.6) is 0 Å². The molecule has 7 heteroatoms. The monoisotopic (exact) mass is 375 g/mol. The Balaban J connectivity index is 1.48. The summed E-state index contributed by atoms with van der Waals surface area (Å²) in [4.78, 5) is 11.5. The average molecular weight is 376 g/mol. The van der Waals surface area contributed by atoms with Gasteiger partial charge in [0.15, 0.2) is 5.82 Å². The zero-order valence-electron chi connectivity index (χ0n) is 13.7. The SMILES string of the molecule is Nc1nc(N2CC3(CC3)NC3(CC3)C2)cnc1-c1cccc(Cl)c1Cl. The van der Waals surface area contributed by atoms with Crippen molar-refractivity contribution in [3.8, 4) is 11.3 Å². The minimum atomic E-state index is 0.278. The number of hydrogen-bond acceptors (Lipinski definition) is 5. The van der Waals surface area contributed by atoms with E-state index in [1.54, 1.807) is 12.3 Å². The zero-order chi connectivity index (χ0) is 17.2. The number of nitrogens with two attached hydrogens (primary N) is 1. The van der Waals surface area contributed by atoms with E-state index in [1.165, 1.54) is 25.7 Å². The van der Waals surface area contributed by atoms with Gasteiger partial charge in [0.25, 0.3) is 0 Å². The average Bonchev–Trinajstić information content (AvgIpc) is 3.51. The fourth-order valence-electron chi connectivity index (χ4n) is 3.90. The van der Waals surface area contributed by atoms with E-state index >= 15 is 0 Å². The van der Waals surface area contributed by atoms with Crippen molar-refractivity contribution >= 4 is 34.8 Å². The van der Waals surface area contributed by atoms with Crippen molar-refractivity contribution in [3.05, 3.63) is 34.4 Å². The fraction of sp³-hybridized carbons (Fsp3) is 0.444. The molecule has 5 rings (SSSR count). The van der Waals surface area contributed by atoms with E-state index in [2.05, 4.69) is 20.2 Å². The molecule has 2 aliphatic carbocycles. The molecule has 0 radical (unpaired) electrons. The van der Waals surface area contributed by atoms with Crippen LogP contribution < -0.4 is 16.0 Å². The summed E-state index contributed by atoms with van der Waals surface area (Å²) in [7, 11) is 0. The van der Waals surface area contributed by atoms with Crippen molar-refractivity contribution in [1.82, 2.24) is 15.3 Å². The van der Waals surface area contributed by atoms with Crippen molar-refractivity contribution < 1.29 is 0 Å². The van der Waals surface area contributed by atoms with Crippen LogP contribution in [0.2, 0.25) is 10.0 Å². The maximum Gasteiger partial charge on any atom is 0.152 e. The van der Waals surface area contributed by atoms with Gasteiger partial charge in [-0.3, -0.25) is 0 Å². The summed E-state index contributed by atoms with van der Waals surface area (Å²) in [6.07, 6.45) is 6.77. The minimum absolute atomic E-state index is 0.278. The summed E-state index contributed by atoms with van der Waals surface area (Å²) >= 11 is 12.4. The minimum Gasteiger partial charge on any atom is -0.382 e. The standard InChI is InChI=1S/C18H19Cl2N5/c19-12-3-1-2-11(14(12)20)15-16(21)23-13(8-22-15)25-9-17(4-5-17)24-18(10-25)6-7-18/h1-3,8,24H,4-7,9-10H2,(H2,21,23). The van der Waals surface area contributed by atoms with Crippen LogP contribution in [0.4, 0.5) is 11.6 Å². The number of anilines is 2. The van der Waals surface area contributed by atoms with Crippen molar-refractivity contribution in [3.63, 3.8) is 0 Å². The van der Waals surface area contributed by atoms with Crippen LogP contribution in [0.1, 0.15) is 25.7 Å². The van der Waals surface area contributed by atoms with Gasteiger partial charge in [-0.25, -0.2) is 9.97 Å². The highest BCUT2D eigenvalue weighted by molar-refractivity contribution is 6.43. The van der Waals surface area contributed by atoms with Gasteiger partial charge in [-0.15, -0.1) is 0 Å². The highest BCUT2D eigenvalue weighted by Gasteiger charge is 2.58. The second kappa shape index (κ2) is 5.22. The number of rotatable bonds is 2. The van der Waals surface area contributed by atoms with Gasteiger partial charge >= 0.3 is 0 Å². The third kappa shape index (κ3) is 2.65. The molecular weight excluding hydrogens is 357 g/mol. The smallest absolute Gasteiger partial charge is 0.152 e. The summed E-state index contributed by atoms with van der Waals surface area (Å²) in [6.45, 7) is 1.94. The third-order valence-electron chi connectivity index (χ3n) is 5.54. The van der Waals surface area contributed by atoms with E-state index in [-0.39, 0.29) is 11.1 Å². The van der Waals surface area contributed by atoms with Gasteiger partial charge in [0, 0.05) is 29.7 Å². The Hall–Kier alpha value is -1.56. The lowest BCUT2D eigenvalue weighted by Crippen LogP contribution is -2.60. The molecule has 2 aromatic rings.